The van der Waals surface area contributed by atoms with Crippen LogP contribution < -0.4 is 4.74 Å². The van der Waals surface area contributed by atoms with Gasteiger partial charge in [-0.2, -0.15) is 13.2 Å². The van der Waals surface area contributed by atoms with Gasteiger partial charge in [0.25, 0.3) is 0 Å². The molecule has 0 aliphatic carbocycles. The van der Waals surface area contributed by atoms with Crippen molar-refractivity contribution in [2.24, 2.45) is 0 Å². The Kier molecular flexibility index (Phi) is 5.01. The summed E-state index contributed by atoms with van der Waals surface area (Å²) in [5.74, 6) is -0.114. The molecule has 1 aromatic carbocycles. The van der Waals surface area contributed by atoms with Crippen LogP contribution in [0.15, 0.2) is 18.2 Å². The summed E-state index contributed by atoms with van der Waals surface area (Å²) in [7, 11) is 1.20. The van der Waals surface area contributed by atoms with Crippen molar-refractivity contribution in [3.8, 4) is 5.75 Å². The van der Waals surface area contributed by atoms with Gasteiger partial charge in [-0.15, -0.1) is 0 Å². The van der Waals surface area contributed by atoms with E-state index in [9.17, 15) is 23.4 Å². The fourth-order valence-corrected chi connectivity index (χ4v) is 1.78. The van der Waals surface area contributed by atoms with Gasteiger partial charge in [0.15, 0.2) is 0 Å². The molecule has 0 fully saturated rings. The standard InChI is InChI=1S/C11H12BrF3O3/c1-18-9-4-6(11(13,14)15)2-3-7(9)10(17)8(16)5-12/h2-4,8,10,16-17H,5H2,1H3. The molecular weight excluding hydrogens is 317 g/mol. The van der Waals surface area contributed by atoms with Crippen molar-refractivity contribution in [2.75, 3.05) is 12.4 Å². The Morgan fingerprint density at radius 2 is 1.94 bits per heavy atom. The Hall–Kier alpha value is -0.790. The van der Waals surface area contributed by atoms with E-state index in [1.165, 1.54) is 7.11 Å². The number of methoxy groups -OCH3 is 1. The Morgan fingerprint density at radius 3 is 2.39 bits per heavy atom. The van der Waals surface area contributed by atoms with Crippen LogP contribution in [0.2, 0.25) is 0 Å². The predicted octanol–water partition coefficient (Wildman–Crippen LogP) is 2.50. The van der Waals surface area contributed by atoms with E-state index in [-0.39, 0.29) is 16.6 Å². The Labute approximate surface area is 110 Å². The summed E-state index contributed by atoms with van der Waals surface area (Å²) >= 11 is 2.97. The average Bonchev–Trinajstić information content (AvgIpc) is 2.35. The first kappa shape index (κ1) is 15.3. The number of aliphatic hydroxyl groups excluding tert-OH is 2. The number of alkyl halides is 4. The lowest BCUT2D eigenvalue weighted by Crippen LogP contribution is -2.20. The van der Waals surface area contributed by atoms with E-state index in [2.05, 4.69) is 15.9 Å². The molecule has 0 saturated heterocycles. The SMILES string of the molecule is COc1cc(C(F)(F)F)ccc1C(O)C(O)CBr. The zero-order chi connectivity index (χ0) is 13.9. The number of aliphatic hydroxyl groups is 2. The molecule has 2 N–H and O–H groups in total. The highest BCUT2D eigenvalue weighted by Crippen LogP contribution is 2.35. The molecule has 0 heterocycles. The van der Waals surface area contributed by atoms with Crippen molar-refractivity contribution in [1.82, 2.24) is 0 Å². The summed E-state index contributed by atoms with van der Waals surface area (Å²) in [5, 5.41) is 19.3. The predicted molar refractivity (Wildman–Crippen MR) is 62.8 cm³/mol. The van der Waals surface area contributed by atoms with Gasteiger partial charge in [0, 0.05) is 10.9 Å². The minimum Gasteiger partial charge on any atom is -0.496 e. The van der Waals surface area contributed by atoms with Gasteiger partial charge in [0.05, 0.1) is 18.8 Å². The first-order chi connectivity index (χ1) is 8.31. The van der Waals surface area contributed by atoms with Crippen molar-refractivity contribution in [2.45, 2.75) is 18.4 Å². The second-order valence-corrected chi connectivity index (χ2v) is 4.27. The minimum atomic E-state index is -4.48. The van der Waals surface area contributed by atoms with Crippen molar-refractivity contribution in [1.29, 1.82) is 0 Å². The smallest absolute Gasteiger partial charge is 0.416 e. The highest BCUT2D eigenvalue weighted by atomic mass is 79.9. The van der Waals surface area contributed by atoms with Crippen molar-refractivity contribution in [3.05, 3.63) is 29.3 Å². The second kappa shape index (κ2) is 5.90. The maximum absolute atomic E-state index is 12.5. The Bertz CT molecular complexity index is 409. The summed E-state index contributed by atoms with van der Waals surface area (Å²) in [6, 6.07) is 2.72. The van der Waals surface area contributed by atoms with Gasteiger partial charge < -0.3 is 14.9 Å². The molecule has 0 aliphatic rings. The van der Waals surface area contributed by atoms with Crippen LogP contribution >= 0.6 is 15.9 Å². The molecule has 0 aromatic heterocycles. The normalized spacial score (nSPS) is 15.3. The van der Waals surface area contributed by atoms with Crippen molar-refractivity contribution in [3.63, 3.8) is 0 Å². The van der Waals surface area contributed by atoms with Crippen LogP contribution in [0.5, 0.6) is 5.75 Å². The van der Waals surface area contributed by atoms with Gasteiger partial charge in [0.2, 0.25) is 0 Å². The summed E-state index contributed by atoms with van der Waals surface area (Å²) < 4.78 is 42.3. The van der Waals surface area contributed by atoms with Crippen LogP contribution in [-0.2, 0) is 6.18 Å². The molecule has 0 bridgehead atoms. The summed E-state index contributed by atoms with van der Waals surface area (Å²) in [4.78, 5) is 0. The van der Waals surface area contributed by atoms with Crippen LogP contribution in [0.1, 0.15) is 17.2 Å². The lowest BCUT2D eigenvalue weighted by atomic mass is 10.0. The van der Waals surface area contributed by atoms with Gasteiger partial charge in [-0.25, -0.2) is 0 Å². The van der Waals surface area contributed by atoms with Crippen LogP contribution in [0, 0.1) is 0 Å². The molecule has 3 nitrogen and oxygen atoms in total. The van der Waals surface area contributed by atoms with Crippen LogP contribution in [0.25, 0.3) is 0 Å². The quantitative estimate of drug-likeness (QED) is 0.835. The average molecular weight is 329 g/mol. The third-order valence-electron chi connectivity index (χ3n) is 2.40. The van der Waals surface area contributed by atoms with E-state index in [4.69, 9.17) is 4.74 Å². The zero-order valence-electron chi connectivity index (χ0n) is 9.41. The van der Waals surface area contributed by atoms with E-state index in [0.29, 0.717) is 0 Å². The molecule has 0 saturated carbocycles. The number of ether oxygens (including phenoxy) is 1. The largest absolute Gasteiger partial charge is 0.496 e. The first-order valence-electron chi connectivity index (χ1n) is 4.98. The van der Waals surface area contributed by atoms with E-state index >= 15 is 0 Å². The monoisotopic (exact) mass is 328 g/mol. The van der Waals surface area contributed by atoms with Gasteiger partial charge in [-0.05, 0) is 12.1 Å². The minimum absolute atomic E-state index is 0.0956. The van der Waals surface area contributed by atoms with E-state index < -0.39 is 23.9 Å². The first-order valence-corrected chi connectivity index (χ1v) is 6.10. The lowest BCUT2D eigenvalue weighted by Gasteiger charge is -2.19. The van der Waals surface area contributed by atoms with Gasteiger partial charge in [-0.1, -0.05) is 22.0 Å². The number of halogens is 4. The number of rotatable bonds is 4. The molecule has 0 spiro atoms. The summed E-state index contributed by atoms with van der Waals surface area (Å²) in [6.45, 7) is 0. The summed E-state index contributed by atoms with van der Waals surface area (Å²) in [6.07, 6.45) is -6.93. The molecule has 2 unspecified atom stereocenters. The molecule has 102 valence electrons. The van der Waals surface area contributed by atoms with Crippen LogP contribution in [0.3, 0.4) is 0 Å². The second-order valence-electron chi connectivity index (χ2n) is 3.62. The fourth-order valence-electron chi connectivity index (χ4n) is 1.42. The maximum atomic E-state index is 12.5. The highest BCUT2D eigenvalue weighted by molar-refractivity contribution is 9.09. The Balaban J connectivity index is 3.15. The third kappa shape index (κ3) is 3.37. The topological polar surface area (TPSA) is 49.7 Å². The molecule has 1 aromatic rings. The highest BCUT2D eigenvalue weighted by Gasteiger charge is 2.32. The van der Waals surface area contributed by atoms with E-state index in [1.807, 2.05) is 0 Å². The number of hydrogen-bond donors (Lipinski definition) is 2. The fraction of sp³-hybridized carbons (Fsp3) is 0.455. The zero-order valence-corrected chi connectivity index (χ0v) is 11.0. The van der Waals surface area contributed by atoms with Crippen LogP contribution in [-0.4, -0.2) is 28.8 Å². The van der Waals surface area contributed by atoms with E-state index in [1.54, 1.807) is 0 Å². The molecular formula is C11H12BrF3O3. The van der Waals surface area contributed by atoms with E-state index in [0.717, 1.165) is 18.2 Å². The molecule has 0 radical (unpaired) electrons. The van der Waals surface area contributed by atoms with Gasteiger partial charge >= 0.3 is 6.18 Å². The molecule has 2 atom stereocenters. The third-order valence-corrected chi connectivity index (χ3v) is 3.07. The van der Waals surface area contributed by atoms with Crippen molar-refractivity contribution < 1.29 is 28.1 Å². The number of hydrogen-bond acceptors (Lipinski definition) is 3. The Morgan fingerprint density at radius 1 is 1.33 bits per heavy atom. The van der Waals surface area contributed by atoms with Crippen molar-refractivity contribution >= 4 is 15.9 Å². The van der Waals surface area contributed by atoms with Gasteiger partial charge in [0.1, 0.15) is 11.9 Å². The molecule has 1 rings (SSSR count). The molecule has 7 heteroatoms. The lowest BCUT2D eigenvalue weighted by molar-refractivity contribution is -0.137. The number of benzene rings is 1. The molecule has 0 aliphatic heterocycles. The molecule has 18 heavy (non-hydrogen) atoms. The summed E-state index contributed by atoms with van der Waals surface area (Å²) in [5.41, 5.74) is -0.763. The van der Waals surface area contributed by atoms with Crippen LogP contribution in [0.4, 0.5) is 13.2 Å². The molecule has 0 amide bonds. The van der Waals surface area contributed by atoms with Gasteiger partial charge in [-0.3, -0.25) is 0 Å². The maximum Gasteiger partial charge on any atom is 0.416 e.